The first-order valence-electron chi connectivity index (χ1n) is 7.69. The minimum Gasteiger partial charge on any atom is -0.384 e. The van der Waals surface area contributed by atoms with E-state index in [0.717, 1.165) is 26.1 Å². The highest BCUT2D eigenvalue weighted by atomic mass is 16.5. The van der Waals surface area contributed by atoms with Crippen molar-refractivity contribution in [2.75, 3.05) is 31.7 Å². The molecule has 1 aliphatic heterocycles. The third-order valence-corrected chi connectivity index (χ3v) is 4.04. The Kier molecular flexibility index (Phi) is 5.44. The molecule has 1 saturated heterocycles. The van der Waals surface area contributed by atoms with Crippen molar-refractivity contribution in [1.29, 1.82) is 0 Å². The van der Waals surface area contributed by atoms with Gasteiger partial charge >= 0.3 is 0 Å². The zero-order chi connectivity index (χ0) is 14.5. The molecule has 1 fully saturated rings. The lowest BCUT2D eigenvalue weighted by Crippen LogP contribution is -2.38. The van der Waals surface area contributed by atoms with Crippen LogP contribution in [0.3, 0.4) is 0 Å². The second kappa shape index (κ2) is 7.09. The van der Waals surface area contributed by atoms with Gasteiger partial charge in [-0.1, -0.05) is 17.7 Å². The maximum absolute atomic E-state index is 6.01. The molecule has 2 N–H and O–H groups in total. The van der Waals surface area contributed by atoms with E-state index in [-0.39, 0.29) is 6.04 Å². The Morgan fingerprint density at radius 1 is 1.45 bits per heavy atom. The molecule has 1 heterocycles. The van der Waals surface area contributed by atoms with Gasteiger partial charge in [-0.05, 0) is 50.7 Å². The van der Waals surface area contributed by atoms with Crippen LogP contribution in [0.5, 0.6) is 0 Å². The van der Waals surface area contributed by atoms with Gasteiger partial charge in [0.05, 0.1) is 6.61 Å². The van der Waals surface area contributed by atoms with Crippen molar-refractivity contribution in [2.45, 2.75) is 39.2 Å². The fraction of sp³-hybridized carbons (Fsp3) is 0.647. The maximum atomic E-state index is 6.01. The van der Waals surface area contributed by atoms with E-state index in [1.165, 1.54) is 29.7 Å². The van der Waals surface area contributed by atoms with Gasteiger partial charge in [-0.15, -0.1) is 0 Å². The fourth-order valence-electron chi connectivity index (χ4n) is 3.19. The minimum absolute atomic E-state index is 0.204. The van der Waals surface area contributed by atoms with E-state index in [2.05, 4.69) is 36.9 Å². The van der Waals surface area contributed by atoms with Crippen molar-refractivity contribution in [1.82, 2.24) is 0 Å². The second-order valence-corrected chi connectivity index (χ2v) is 6.22. The molecule has 1 aromatic carbocycles. The lowest BCUT2D eigenvalue weighted by atomic mass is 9.96. The summed E-state index contributed by atoms with van der Waals surface area (Å²) >= 11 is 0. The normalized spacial score (nSPS) is 21.0. The number of rotatable bonds is 5. The predicted octanol–water partition coefficient (Wildman–Crippen LogP) is 2.75. The van der Waals surface area contributed by atoms with E-state index in [1.807, 2.05) is 0 Å². The molecule has 0 amide bonds. The number of nitrogens with zero attached hydrogens (tertiary/aromatic N) is 1. The Balaban J connectivity index is 2.18. The molecule has 0 aliphatic carbocycles. The maximum Gasteiger partial charge on any atom is 0.0507 e. The van der Waals surface area contributed by atoms with E-state index in [4.69, 9.17) is 10.5 Å². The zero-order valence-corrected chi connectivity index (χ0v) is 13.1. The summed E-state index contributed by atoms with van der Waals surface area (Å²) in [5.41, 5.74) is 10.1. The molecular weight excluding hydrogens is 248 g/mol. The quantitative estimate of drug-likeness (QED) is 0.898. The minimum atomic E-state index is 0.204. The first-order valence-corrected chi connectivity index (χ1v) is 7.69. The summed E-state index contributed by atoms with van der Waals surface area (Å²) in [4.78, 5) is 2.52. The number of methoxy groups -OCH3 is 1. The first kappa shape index (κ1) is 15.3. The van der Waals surface area contributed by atoms with Crippen LogP contribution in [-0.4, -0.2) is 32.8 Å². The van der Waals surface area contributed by atoms with Crippen LogP contribution in [0.2, 0.25) is 0 Å². The lowest BCUT2D eigenvalue weighted by Gasteiger charge is -2.35. The zero-order valence-electron chi connectivity index (χ0n) is 13.1. The summed E-state index contributed by atoms with van der Waals surface area (Å²) in [6.07, 6.45) is 3.47. The number of hydrogen-bond acceptors (Lipinski definition) is 3. The third-order valence-electron chi connectivity index (χ3n) is 4.04. The standard InChI is InChI=1S/C17H28N2O/c1-13-6-7-17(16(9-13)10-14(2)18)19-8-4-5-15(11-19)12-20-3/h6-7,9,14-15H,4-5,8,10-12,18H2,1-3H3. The molecule has 0 bridgehead atoms. The summed E-state index contributed by atoms with van der Waals surface area (Å²) < 4.78 is 5.33. The van der Waals surface area contributed by atoms with Crippen molar-refractivity contribution in [3.63, 3.8) is 0 Å². The average molecular weight is 276 g/mol. The molecule has 0 saturated carbocycles. The van der Waals surface area contributed by atoms with Crippen molar-refractivity contribution in [3.8, 4) is 0 Å². The van der Waals surface area contributed by atoms with Crippen LogP contribution in [-0.2, 0) is 11.2 Å². The topological polar surface area (TPSA) is 38.5 Å². The highest BCUT2D eigenvalue weighted by molar-refractivity contribution is 5.55. The summed E-state index contributed by atoms with van der Waals surface area (Å²) in [7, 11) is 1.80. The molecule has 112 valence electrons. The Bertz CT molecular complexity index is 429. The van der Waals surface area contributed by atoms with Crippen molar-refractivity contribution in [3.05, 3.63) is 29.3 Å². The Morgan fingerprint density at radius 2 is 2.25 bits per heavy atom. The largest absolute Gasteiger partial charge is 0.384 e. The van der Waals surface area contributed by atoms with E-state index in [9.17, 15) is 0 Å². The van der Waals surface area contributed by atoms with Crippen LogP contribution in [0, 0.1) is 12.8 Å². The molecule has 20 heavy (non-hydrogen) atoms. The Labute approximate surface area is 123 Å². The van der Waals surface area contributed by atoms with Crippen molar-refractivity contribution >= 4 is 5.69 Å². The van der Waals surface area contributed by atoms with E-state index in [0.29, 0.717) is 5.92 Å². The summed E-state index contributed by atoms with van der Waals surface area (Å²) in [6.45, 7) is 7.34. The van der Waals surface area contributed by atoms with Gasteiger partial charge in [0, 0.05) is 31.9 Å². The number of piperidine rings is 1. The van der Waals surface area contributed by atoms with Gasteiger partial charge in [0.1, 0.15) is 0 Å². The van der Waals surface area contributed by atoms with E-state index < -0.39 is 0 Å². The Hall–Kier alpha value is -1.06. The van der Waals surface area contributed by atoms with Crippen LogP contribution in [0.15, 0.2) is 18.2 Å². The molecule has 0 radical (unpaired) electrons. The molecule has 0 aromatic heterocycles. The average Bonchev–Trinajstić information content (AvgIpc) is 2.39. The molecule has 2 unspecified atom stereocenters. The number of anilines is 1. The molecule has 1 aromatic rings. The second-order valence-electron chi connectivity index (χ2n) is 6.22. The molecule has 3 nitrogen and oxygen atoms in total. The molecular formula is C17H28N2O. The molecule has 0 spiro atoms. The van der Waals surface area contributed by atoms with Gasteiger partial charge in [0.15, 0.2) is 0 Å². The lowest BCUT2D eigenvalue weighted by molar-refractivity contribution is 0.143. The first-order chi connectivity index (χ1) is 9.60. The number of nitrogens with two attached hydrogens (primary N) is 1. The van der Waals surface area contributed by atoms with Gasteiger partial charge in [-0.2, -0.15) is 0 Å². The highest BCUT2D eigenvalue weighted by Gasteiger charge is 2.21. The SMILES string of the molecule is COCC1CCCN(c2ccc(C)cc2CC(C)N)C1. The van der Waals surface area contributed by atoms with Gasteiger partial charge in [-0.25, -0.2) is 0 Å². The predicted molar refractivity (Wildman–Crippen MR) is 85.3 cm³/mol. The molecule has 3 heteroatoms. The van der Waals surface area contributed by atoms with Gasteiger partial charge in [0.25, 0.3) is 0 Å². The number of ether oxygens (including phenoxy) is 1. The third kappa shape index (κ3) is 3.97. The summed E-state index contributed by atoms with van der Waals surface area (Å²) in [5.74, 6) is 0.651. The van der Waals surface area contributed by atoms with Crippen LogP contribution in [0.1, 0.15) is 30.9 Å². The van der Waals surface area contributed by atoms with E-state index in [1.54, 1.807) is 7.11 Å². The van der Waals surface area contributed by atoms with Gasteiger partial charge in [-0.3, -0.25) is 0 Å². The number of benzene rings is 1. The fourth-order valence-corrected chi connectivity index (χ4v) is 3.19. The molecule has 2 atom stereocenters. The van der Waals surface area contributed by atoms with Crippen LogP contribution in [0.4, 0.5) is 5.69 Å². The number of hydrogen-bond donors (Lipinski definition) is 1. The van der Waals surface area contributed by atoms with Crippen molar-refractivity contribution in [2.24, 2.45) is 11.7 Å². The number of aryl methyl sites for hydroxylation is 1. The monoisotopic (exact) mass is 276 g/mol. The molecule has 1 aliphatic rings. The highest BCUT2D eigenvalue weighted by Crippen LogP contribution is 2.28. The van der Waals surface area contributed by atoms with Gasteiger partial charge in [0.2, 0.25) is 0 Å². The van der Waals surface area contributed by atoms with Crippen LogP contribution >= 0.6 is 0 Å². The Morgan fingerprint density at radius 3 is 2.95 bits per heavy atom. The van der Waals surface area contributed by atoms with Crippen LogP contribution < -0.4 is 10.6 Å². The molecule has 2 rings (SSSR count). The van der Waals surface area contributed by atoms with E-state index >= 15 is 0 Å². The summed E-state index contributed by atoms with van der Waals surface area (Å²) in [6, 6.07) is 6.97. The van der Waals surface area contributed by atoms with Gasteiger partial charge < -0.3 is 15.4 Å². The van der Waals surface area contributed by atoms with Crippen LogP contribution in [0.25, 0.3) is 0 Å². The smallest absolute Gasteiger partial charge is 0.0507 e. The summed E-state index contributed by atoms with van der Waals surface area (Å²) in [5, 5.41) is 0. The van der Waals surface area contributed by atoms with Crippen molar-refractivity contribution < 1.29 is 4.74 Å².